The summed E-state index contributed by atoms with van der Waals surface area (Å²) < 4.78 is 16.0. The summed E-state index contributed by atoms with van der Waals surface area (Å²) in [4.78, 5) is 22.7. The van der Waals surface area contributed by atoms with E-state index < -0.39 is 5.82 Å². The predicted molar refractivity (Wildman–Crippen MR) is 100 cm³/mol. The molecular weight excluding hydrogens is 347 g/mol. The van der Waals surface area contributed by atoms with Crippen LogP contribution in [0.4, 0.5) is 14.9 Å². The molecule has 1 aromatic carbocycles. The van der Waals surface area contributed by atoms with Crippen molar-refractivity contribution in [1.82, 2.24) is 24.5 Å². The number of benzene rings is 1. The van der Waals surface area contributed by atoms with Crippen LogP contribution in [0.15, 0.2) is 30.6 Å². The van der Waals surface area contributed by atoms with Crippen molar-refractivity contribution in [3.05, 3.63) is 42.1 Å². The number of likely N-dealkylation sites (tertiary alicyclic amines) is 1. The number of halogens is 1. The summed E-state index contributed by atoms with van der Waals surface area (Å²) in [5, 5.41) is 7.30. The summed E-state index contributed by atoms with van der Waals surface area (Å²) in [5.41, 5.74) is 2.08. The van der Waals surface area contributed by atoms with E-state index in [0.29, 0.717) is 22.7 Å². The Labute approximate surface area is 156 Å². The van der Waals surface area contributed by atoms with E-state index in [0.717, 1.165) is 31.6 Å². The predicted octanol–water partition coefficient (Wildman–Crippen LogP) is 3.68. The molecule has 7 nitrogen and oxygen atoms in total. The van der Waals surface area contributed by atoms with E-state index in [2.05, 4.69) is 20.4 Å². The lowest BCUT2D eigenvalue weighted by atomic mass is 10.1. The lowest BCUT2D eigenvalue weighted by molar-refractivity contribution is 0.222. The van der Waals surface area contributed by atoms with E-state index in [1.807, 2.05) is 13.8 Å². The highest BCUT2D eigenvalue weighted by molar-refractivity contribution is 5.90. The van der Waals surface area contributed by atoms with E-state index in [4.69, 9.17) is 0 Å². The molecular formula is C19H21FN6O. The number of carbonyl (C=O) groups is 1. The Morgan fingerprint density at radius 1 is 1.26 bits per heavy atom. The smallest absolute Gasteiger partial charge is 0.321 e. The molecule has 140 valence electrons. The second kappa shape index (κ2) is 6.94. The van der Waals surface area contributed by atoms with Gasteiger partial charge in [0.2, 0.25) is 0 Å². The van der Waals surface area contributed by atoms with Gasteiger partial charge in [0.15, 0.2) is 0 Å². The average Bonchev–Trinajstić information content (AvgIpc) is 3.32. The zero-order valence-corrected chi connectivity index (χ0v) is 15.3. The number of carbonyl (C=O) groups excluding carboxylic acids is 1. The third-order valence-electron chi connectivity index (χ3n) is 4.68. The molecule has 0 saturated carbocycles. The van der Waals surface area contributed by atoms with Crippen molar-refractivity contribution in [2.75, 3.05) is 18.4 Å². The first-order valence-corrected chi connectivity index (χ1v) is 9.09. The molecule has 0 radical (unpaired) electrons. The molecule has 8 heteroatoms. The fraction of sp³-hybridized carbons (Fsp3) is 0.368. The maximum atomic E-state index is 14.4. The van der Waals surface area contributed by atoms with Crippen molar-refractivity contribution in [3.63, 3.8) is 0 Å². The van der Waals surface area contributed by atoms with Gasteiger partial charge in [0, 0.05) is 24.3 Å². The molecule has 3 aromatic rings. The number of amides is 2. The van der Waals surface area contributed by atoms with Crippen molar-refractivity contribution in [3.8, 4) is 11.3 Å². The van der Waals surface area contributed by atoms with E-state index >= 15 is 0 Å². The first kappa shape index (κ1) is 17.4. The summed E-state index contributed by atoms with van der Waals surface area (Å²) in [6, 6.07) is 4.31. The Hall–Kier alpha value is -3.03. The molecule has 4 rings (SSSR count). The summed E-state index contributed by atoms with van der Waals surface area (Å²) in [5.74, 6) is 0.218. The molecule has 0 aliphatic carbocycles. The van der Waals surface area contributed by atoms with Crippen LogP contribution >= 0.6 is 0 Å². The highest BCUT2D eigenvalue weighted by atomic mass is 19.1. The average molecular weight is 368 g/mol. The molecule has 3 heterocycles. The zero-order chi connectivity index (χ0) is 19.0. The van der Waals surface area contributed by atoms with Crippen LogP contribution < -0.4 is 5.32 Å². The maximum Gasteiger partial charge on any atom is 0.321 e. The molecule has 0 bridgehead atoms. The van der Waals surface area contributed by atoms with Gasteiger partial charge in [-0.05, 0) is 37.0 Å². The summed E-state index contributed by atoms with van der Waals surface area (Å²) >= 11 is 0. The van der Waals surface area contributed by atoms with E-state index in [9.17, 15) is 9.18 Å². The summed E-state index contributed by atoms with van der Waals surface area (Å²) in [6.07, 6.45) is 5.36. The fourth-order valence-electron chi connectivity index (χ4n) is 3.11. The molecule has 1 fully saturated rings. The van der Waals surface area contributed by atoms with Crippen molar-refractivity contribution >= 4 is 17.5 Å². The number of aromatic nitrogens is 4. The SMILES string of the molecule is CC(C)c1cnc2nc(-c3cc(NC(=O)N4CCCC4)ccc3F)cn2n1. The Bertz CT molecular complexity index is 993. The number of rotatable bonds is 3. The molecule has 0 atom stereocenters. The third kappa shape index (κ3) is 3.47. The van der Waals surface area contributed by atoms with Crippen LogP contribution in [0.25, 0.3) is 17.0 Å². The number of hydrogen-bond donors (Lipinski definition) is 1. The van der Waals surface area contributed by atoms with Crippen LogP contribution in [0.1, 0.15) is 38.3 Å². The molecule has 2 aromatic heterocycles. The standard InChI is InChI=1S/C19H21FN6O/c1-12(2)16-10-21-18-23-17(11-26(18)24-16)14-9-13(5-6-15(14)20)22-19(27)25-7-3-4-8-25/h5-6,9-12H,3-4,7-8H2,1-2H3,(H,22,27). The molecule has 1 aliphatic heterocycles. The molecule has 1 aliphatic rings. The van der Waals surface area contributed by atoms with Gasteiger partial charge < -0.3 is 10.2 Å². The Morgan fingerprint density at radius 3 is 2.78 bits per heavy atom. The van der Waals surface area contributed by atoms with Crippen LogP contribution in [-0.2, 0) is 0 Å². The molecule has 27 heavy (non-hydrogen) atoms. The van der Waals surface area contributed by atoms with Crippen LogP contribution in [0.3, 0.4) is 0 Å². The van der Waals surface area contributed by atoms with Gasteiger partial charge in [-0.25, -0.2) is 23.7 Å². The van der Waals surface area contributed by atoms with Gasteiger partial charge >= 0.3 is 6.03 Å². The van der Waals surface area contributed by atoms with Gasteiger partial charge in [-0.1, -0.05) is 13.8 Å². The number of fused-ring (bicyclic) bond motifs is 1. The lowest BCUT2D eigenvalue weighted by Gasteiger charge is -2.16. The highest BCUT2D eigenvalue weighted by Gasteiger charge is 2.19. The number of urea groups is 1. The number of hydrogen-bond acceptors (Lipinski definition) is 4. The van der Waals surface area contributed by atoms with Crippen LogP contribution in [0, 0.1) is 5.82 Å². The summed E-state index contributed by atoms with van der Waals surface area (Å²) in [6.45, 7) is 5.56. The fourth-order valence-corrected chi connectivity index (χ4v) is 3.11. The quantitative estimate of drug-likeness (QED) is 0.765. The third-order valence-corrected chi connectivity index (χ3v) is 4.68. The van der Waals surface area contributed by atoms with E-state index in [-0.39, 0.29) is 11.9 Å². The minimum atomic E-state index is -0.415. The lowest BCUT2D eigenvalue weighted by Crippen LogP contribution is -2.32. The van der Waals surface area contributed by atoms with Gasteiger partial charge in [-0.2, -0.15) is 5.10 Å². The largest absolute Gasteiger partial charge is 0.325 e. The Kier molecular flexibility index (Phi) is 4.47. The minimum absolute atomic E-state index is 0.162. The number of nitrogens with one attached hydrogen (secondary N) is 1. The van der Waals surface area contributed by atoms with Crippen LogP contribution in [-0.4, -0.2) is 43.6 Å². The number of imidazole rings is 1. The van der Waals surface area contributed by atoms with Gasteiger partial charge in [0.25, 0.3) is 5.78 Å². The maximum absolute atomic E-state index is 14.4. The first-order valence-electron chi connectivity index (χ1n) is 9.09. The molecule has 1 saturated heterocycles. The van der Waals surface area contributed by atoms with Crippen molar-refractivity contribution in [1.29, 1.82) is 0 Å². The van der Waals surface area contributed by atoms with Crippen LogP contribution in [0.5, 0.6) is 0 Å². The second-order valence-electron chi connectivity index (χ2n) is 7.03. The minimum Gasteiger partial charge on any atom is -0.325 e. The second-order valence-corrected chi connectivity index (χ2v) is 7.03. The van der Waals surface area contributed by atoms with Crippen molar-refractivity contribution in [2.45, 2.75) is 32.6 Å². The van der Waals surface area contributed by atoms with Crippen molar-refractivity contribution < 1.29 is 9.18 Å². The number of anilines is 1. The Balaban J connectivity index is 1.64. The highest BCUT2D eigenvalue weighted by Crippen LogP contribution is 2.26. The van der Waals surface area contributed by atoms with Crippen LogP contribution in [0.2, 0.25) is 0 Å². The molecule has 1 N–H and O–H groups in total. The van der Waals surface area contributed by atoms with E-state index in [1.54, 1.807) is 33.9 Å². The van der Waals surface area contributed by atoms with E-state index in [1.165, 1.54) is 6.07 Å². The summed E-state index contributed by atoms with van der Waals surface area (Å²) in [7, 11) is 0. The normalized spacial score (nSPS) is 14.3. The van der Waals surface area contributed by atoms with Gasteiger partial charge in [-0.3, -0.25) is 0 Å². The topological polar surface area (TPSA) is 75.4 Å². The monoisotopic (exact) mass is 368 g/mol. The molecule has 0 unspecified atom stereocenters. The van der Waals surface area contributed by atoms with Gasteiger partial charge in [-0.15, -0.1) is 0 Å². The van der Waals surface area contributed by atoms with Gasteiger partial charge in [0.05, 0.1) is 23.8 Å². The van der Waals surface area contributed by atoms with Crippen molar-refractivity contribution in [2.24, 2.45) is 0 Å². The molecule has 0 spiro atoms. The first-order chi connectivity index (χ1) is 13.0. The Morgan fingerprint density at radius 2 is 2.04 bits per heavy atom. The number of nitrogens with zero attached hydrogens (tertiary/aromatic N) is 5. The zero-order valence-electron chi connectivity index (χ0n) is 15.3. The van der Waals surface area contributed by atoms with Gasteiger partial charge in [0.1, 0.15) is 5.82 Å². The molecule has 2 amide bonds.